The fourth-order valence-electron chi connectivity index (χ4n) is 3.90. The van der Waals surface area contributed by atoms with E-state index < -0.39 is 9.84 Å². The molecule has 2 atom stereocenters. The Morgan fingerprint density at radius 2 is 2.00 bits per heavy atom. The highest BCUT2D eigenvalue weighted by Crippen LogP contribution is 2.27. The van der Waals surface area contributed by atoms with Crippen LogP contribution in [0.2, 0.25) is 0 Å². The number of hydrogen-bond donors (Lipinski definition) is 0. The molecule has 2 fully saturated rings. The van der Waals surface area contributed by atoms with Gasteiger partial charge in [0.1, 0.15) is 12.4 Å². The maximum absolute atomic E-state index is 12.9. The summed E-state index contributed by atoms with van der Waals surface area (Å²) < 4.78 is 26.4. The summed E-state index contributed by atoms with van der Waals surface area (Å²) >= 11 is 0. The van der Waals surface area contributed by atoms with Gasteiger partial charge in [0.15, 0.2) is 9.84 Å². The number of sulfone groups is 1. The third-order valence-corrected chi connectivity index (χ3v) is 6.97. The summed E-state index contributed by atoms with van der Waals surface area (Å²) in [4.78, 5) is 21.2. The van der Waals surface area contributed by atoms with Crippen molar-refractivity contribution in [3.8, 4) is 0 Å². The quantitative estimate of drug-likeness (QED) is 0.704. The van der Waals surface area contributed by atoms with E-state index >= 15 is 0 Å². The number of piperazine rings is 1. The number of carbonyl (C=O) groups excluding carboxylic acids is 1. The van der Waals surface area contributed by atoms with Gasteiger partial charge in [0.05, 0.1) is 17.5 Å². The first-order valence-corrected chi connectivity index (χ1v) is 11.0. The Morgan fingerprint density at radius 3 is 2.69 bits per heavy atom. The summed E-state index contributed by atoms with van der Waals surface area (Å²) in [5.41, 5.74) is 1.22. The van der Waals surface area contributed by atoms with E-state index in [9.17, 15) is 13.2 Å². The second kappa shape index (κ2) is 7.52. The molecule has 0 N–H and O–H groups in total. The summed E-state index contributed by atoms with van der Waals surface area (Å²) in [6, 6.07) is -0.359. The van der Waals surface area contributed by atoms with Crippen LogP contribution in [0.4, 0.5) is 0 Å². The number of amides is 1. The maximum Gasteiger partial charge on any atom is 0.242 e. The average Bonchev–Trinajstić information content (AvgIpc) is 3.14. The zero-order chi connectivity index (χ0) is 18.9. The molecule has 144 valence electrons. The Kier molecular flexibility index (Phi) is 5.53. The van der Waals surface area contributed by atoms with E-state index in [4.69, 9.17) is 0 Å². The van der Waals surface area contributed by atoms with Gasteiger partial charge in [-0.25, -0.2) is 13.4 Å². The molecule has 0 unspecified atom stereocenters. The van der Waals surface area contributed by atoms with Crippen LogP contribution in [0.15, 0.2) is 24.0 Å². The standard InChI is InChI=1S/C18H28N4O3S/c1-4-17-19-6-8-21(17)11-18(23)22-10-9-20(7-5-14(2)3)15-12-26(24,25)13-16(15)22/h5-6,8,15-16H,4,7,9-13H2,1-3H3/t15-,16+/m1/s1. The minimum atomic E-state index is -3.12. The monoisotopic (exact) mass is 380 g/mol. The van der Waals surface area contributed by atoms with E-state index in [0.717, 1.165) is 18.8 Å². The zero-order valence-corrected chi connectivity index (χ0v) is 16.6. The predicted octanol–water partition coefficient (Wildman–Crippen LogP) is 0.722. The summed E-state index contributed by atoms with van der Waals surface area (Å²) in [5.74, 6) is 1.06. The minimum absolute atomic E-state index is 0.0216. The maximum atomic E-state index is 12.9. The van der Waals surface area contributed by atoms with Crippen molar-refractivity contribution >= 4 is 15.7 Å². The molecule has 0 bridgehead atoms. The highest BCUT2D eigenvalue weighted by atomic mass is 32.2. The topological polar surface area (TPSA) is 75.5 Å². The van der Waals surface area contributed by atoms with Crippen molar-refractivity contribution in [3.05, 3.63) is 29.9 Å². The van der Waals surface area contributed by atoms with E-state index in [1.807, 2.05) is 31.5 Å². The van der Waals surface area contributed by atoms with Crippen molar-refractivity contribution in [3.63, 3.8) is 0 Å². The van der Waals surface area contributed by atoms with E-state index in [0.29, 0.717) is 13.1 Å². The molecule has 3 rings (SSSR count). The average molecular weight is 381 g/mol. The van der Waals surface area contributed by atoms with Gasteiger partial charge in [0.25, 0.3) is 0 Å². The second-order valence-corrected chi connectivity index (χ2v) is 9.55. The van der Waals surface area contributed by atoms with Gasteiger partial charge in [-0.2, -0.15) is 0 Å². The number of rotatable bonds is 5. The molecule has 7 nitrogen and oxygen atoms in total. The van der Waals surface area contributed by atoms with Gasteiger partial charge in [-0.1, -0.05) is 18.6 Å². The molecule has 1 aromatic rings. The first kappa shape index (κ1) is 19.1. The Morgan fingerprint density at radius 1 is 1.27 bits per heavy atom. The largest absolute Gasteiger partial charge is 0.334 e. The van der Waals surface area contributed by atoms with Gasteiger partial charge < -0.3 is 9.47 Å². The number of imidazole rings is 1. The fraction of sp³-hybridized carbons (Fsp3) is 0.667. The number of hydrogen-bond acceptors (Lipinski definition) is 5. The lowest BCUT2D eigenvalue weighted by Gasteiger charge is -2.43. The Labute approximate surface area is 155 Å². The van der Waals surface area contributed by atoms with Gasteiger partial charge in [-0.05, 0) is 13.8 Å². The highest BCUT2D eigenvalue weighted by molar-refractivity contribution is 7.91. The van der Waals surface area contributed by atoms with Crippen LogP contribution in [0.3, 0.4) is 0 Å². The third kappa shape index (κ3) is 4.01. The summed E-state index contributed by atoms with van der Waals surface area (Å²) in [6.45, 7) is 8.32. The lowest BCUT2D eigenvalue weighted by molar-refractivity contribution is -0.137. The Balaban J connectivity index is 1.77. The third-order valence-electron chi connectivity index (χ3n) is 5.27. The van der Waals surface area contributed by atoms with Crippen LogP contribution in [-0.4, -0.2) is 76.9 Å². The van der Waals surface area contributed by atoms with Crippen molar-refractivity contribution in [2.24, 2.45) is 0 Å². The van der Waals surface area contributed by atoms with Gasteiger partial charge in [0.2, 0.25) is 5.91 Å². The van der Waals surface area contributed by atoms with Crippen molar-refractivity contribution in [2.45, 2.75) is 45.8 Å². The van der Waals surface area contributed by atoms with E-state index in [-0.39, 0.29) is 36.0 Å². The van der Waals surface area contributed by atoms with Gasteiger partial charge >= 0.3 is 0 Å². The molecule has 2 aliphatic heterocycles. The van der Waals surface area contributed by atoms with Crippen LogP contribution in [0.25, 0.3) is 0 Å². The van der Waals surface area contributed by atoms with Gasteiger partial charge in [-0.3, -0.25) is 9.69 Å². The summed E-state index contributed by atoms with van der Waals surface area (Å²) in [6.07, 6.45) is 6.40. The number of carbonyl (C=O) groups is 1. The molecule has 2 saturated heterocycles. The second-order valence-electron chi connectivity index (χ2n) is 7.40. The summed E-state index contributed by atoms with van der Waals surface area (Å²) in [7, 11) is -3.12. The predicted molar refractivity (Wildman–Crippen MR) is 101 cm³/mol. The minimum Gasteiger partial charge on any atom is -0.334 e. The molecule has 0 saturated carbocycles. The van der Waals surface area contributed by atoms with Crippen LogP contribution in [0, 0.1) is 0 Å². The molecule has 3 heterocycles. The van der Waals surface area contributed by atoms with Crippen LogP contribution < -0.4 is 0 Å². The molecular formula is C18H28N4O3S. The normalized spacial score (nSPS) is 25.1. The summed E-state index contributed by atoms with van der Waals surface area (Å²) in [5, 5.41) is 0. The molecule has 0 aliphatic carbocycles. The first-order valence-electron chi connectivity index (χ1n) is 9.18. The molecule has 1 amide bonds. The molecule has 2 aliphatic rings. The van der Waals surface area contributed by atoms with Crippen molar-refractivity contribution in [2.75, 3.05) is 31.1 Å². The molecule has 26 heavy (non-hydrogen) atoms. The highest BCUT2D eigenvalue weighted by Gasteiger charge is 2.47. The Hall–Kier alpha value is -1.67. The SMILES string of the molecule is CCc1nccn1CC(=O)N1CCN(CC=C(C)C)[C@@H]2CS(=O)(=O)C[C@@H]21. The van der Waals surface area contributed by atoms with E-state index in [1.165, 1.54) is 5.57 Å². The lowest BCUT2D eigenvalue weighted by Crippen LogP contribution is -2.61. The van der Waals surface area contributed by atoms with Crippen molar-refractivity contribution in [1.29, 1.82) is 0 Å². The van der Waals surface area contributed by atoms with Gasteiger partial charge in [-0.15, -0.1) is 0 Å². The molecule has 8 heteroatoms. The smallest absolute Gasteiger partial charge is 0.242 e. The molecule has 1 aromatic heterocycles. The molecule has 0 aromatic carbocycles. The van der Waals surface area contributed by atoms with Crippen LogP contribution in [-0.2, 0) is 27.6 Å². The van der Waals surface area contributed by atoms with E-state index in [2.05, 4.69) is 16.0 Å². The van der Waals surface area contributed by atoms with Crippen LogP contribution in [0.1, 0.15) is 26.6 Å². The molecular weight excluding hydrogens is 352 g/mol. The number of aryl methyl sites for hydroxylation is 1. The number of fused-ring (bicyclic) bond motifs is 1. The van der Waals surface area contributed by atoms with Crippen molar-refractivity contribution < 1.29 is 13.2 Å². The van der Waals surface area contributed by atoms with Gasteiger partial charge in [0, 0.05) is 44.5 Å². The number of allylic oxidation sites excluding steroid dienone is 1. The lowest BCUT2D eigenvalue weighted by atomic mass is 10.0. The molecule has 0 spiro atoms. The van der Waals surface area contributed by atoms with Crippen LogP contribution in [0.5, 0.6) is 0 Å². The van der Waals surface area contributed by atoms with Crippen molar-refractivity contribution in [1.82, 2.24) is 19.4 Å². The zero-order valence-electron chi connectivity index (χ0n) is 15.8. The van der Waals surface area contributed by atoms with Crippen LogP contribution >= 0.6 is 0 Å². The first-order chi connectivity index (χ1) is 12.3. The molecule has 0 radical (unpaired) electrons. The fourth-order valence-corrected chi connectivity index (χ4v) is 5.91. The Bertz CT molecular complexity index is 795. The number of aromatic nitrogens is 2. The van der Waals surface area contributed by atoms with E-state index in [1.54, 1.807) is 11.1 Å². The number of nitrogens with zero attached hydrogens (tertiary/aromatic N) is 4.